The Bertz CT molecular complexity index is 41.4. The second-order valence-corrected chi connectivity index (χ2v) is 2.45. The molecule has 0 nitrogen and oxygen atoms in total. The number of rotatable bonds is 2. The smallest absolute Gasteiger partial charge is 0.00652 e. The van der Waals surface area contributed by atoms with Gasteiger partial charge < -0.3 is 0 Å². The number of hydrogen-bond acceptors (Lipinski definition) is 0. The molecule has 2 atom stereocenters. The van der Waals surface area contributed by atoms with Gasteiger partial charge in [-0.3, -0.25) is 0 Å². The molecule has 0 aliphatic carbocycles. The average molecular weight is 116 g/mol. The summed E-state index contributed by atoms with van der Waals surface area (Å²) in [7, 11) is 0. The minimum Gasteiger partial charge on any atom is -0.0939 e. The molecule has 0 rings (SSSR count). The van der Waals surface area contributed by atoms with Crippen LogP contribution in [0.3, 0.4) is 0 Å². The molecule has 0 aromatic heterocycles. The second kappa shape index (κ2) is 3.36. The lowest BCUT2D eigenvalue weighted by Crippen LogP contribution is -2.04. The predicted octanol–water partition coefficient (Wildman–Crippen LogP) is 2.29. The lowest BCUT2D eigenvalue weighted by molar-refractivity contribution is 0.510. The summed E-state index contributed by atoms with van der Waals surface area (Å²) in [5.41, 5.74) is 0. The molecular weight excluding hydrogens is 104 g/mol. The Morgan fingerprint density at radius 2 is 2.00 bits per heavy atom. The standard InChI is InChI=1S/C6H12S/c1-5(2)6(3)4-7/h5-6H,1,4H2,2-3H3. The van der Waals surface area contributed by atoms with Crippen LogP contribution >= 0.6 is 12.6 Å². The zero-order valence-corrected chi connectivity index (χ0v) is 5.79. The van der Waals surface area contributed by atoms with E-state index in [9.17, 15) is 0 Å². The summed E-state index contributed by atoms with van der Waals surface area (Å²) in [6.07, 6.45) is 0. The van der Waals surface area contributed by atoms with Crippen molar-refractivity contribution < 1.29 is 0 Å². The van der Waals surface area contributed by atoms with Gasteiger partial charge in [0.05, 0.1) is 0 Å². The summed E-state index contributed by atoms with van der Waals surface area (Å²) in [4.78, 5) is 0. The minimum atomic E-state index is 0.512. The Kier molecular flexibility index (Phi) is 3.53. The van der Waals surface area contributed by atoms with Gasteiger partial charge in [-0.05, 0) is 11.8 Å². The Hall–Kier alpha value is 0.350. The Morgan fingerprint density at radius 3 is 2.00 bits per heavy atom. The van der Waals surface area contributed by atoms with Crippen LogP contribution in [-0.4, -0.2) is 5.75 Å². The second-order valence-electron chi connectivity index (χ2n) is 2.12. The van der Waals surface area contributed by atoms with Crippen molar-refractivity contribution in [2.24, 2.45) is 11.8 Å². The Morgan fingerprint density at radius 1 is 1.57 bits per heavy atom. The molecule has 0 amide bonds. The van der Waals surface area contributed by atoms with Crippen LogP contribution in [0.1, 0.15) is 13.8 Å². The molecular formula is C6H12S. The molecule has 0 spiro atoms. The molecule has 0 heterocycles. The van der Waals surface area contributed by atoms with E-state index in [4.69, 9.17) is 12.6 Å². The predicted molar refractivity (Wildman–Crippen MR) is 36.1 cm³/mol. The summed E-state index contributed by atoms with van der Waals surface area (Å²) in [6.45, 7) is 8.07. The van der Waals surface area contributed by atoms with Gasteiger partial charge in [0.25, 0.3) is 0 Å². The molecule has 2 unspecified atom stereocenters. The third-order valence-electron chi connectivity index (χ3n) is 1.23. The van der Waals surface area contributed by atoms with Crippen LogP contribution in [0.5, 0.6) is 0 Å². The molecule has 0 N–H and O–H groups in total. The van der Waals surface area contributed by atoms with E-state index < -0.39 is 0 Å². The average Bonchev–Trinajstić information content (AvgIpc) is 1.65. The molecule has 0 saturated carbocycles. The first-order valence-electron chi connectivity index (χ1n) is 2.59. The molecule has 0 aliphatic heterocycles. The highest BCUT2D eigenvalue weighted by Gasteiger charge is 2.02. The molecule has 0 aromatic carbocycles. The first-order valence-corrected chi connectivity index (χ1v) is 3.17. The number of hydrogen-bond donors (Lipinski definition) is 0. The maximum Gasteiger partial charge on any atom is 0.00652 e. The first-order chi connectivity index (χ1) is 3.18. The van der Waals surface area contributed by atoms with Crippen LogP contribution in [0.25, 0.3) is 0 Å². The molecule has 0 aromatic rings. The monoisotopic (exact) mass is 116 g/mol. The van der Waals surface area contributed by atoms with Gasteiger partial charge in [-0.2, -0.15) is 0 Å². The highest BCUT2D eigenvalue weighted by molar-refractivity contribution is 7.80. The minimum absolute atomic E-state index is 0.512. The Labute approximate surface area is 51.7 Å². The van der Waals surface area contributed by atoms with Crippen molar-refractivity contribution in [2.45, 2.75) is 13.8 Å². The summed E-state index contributed by atoms with van der Waals surface area (Å²) >= 11 is 4.81. The van der Waals surface area contributed by atoms with Crippen LogP contribution in [0.2, 0.25) is 0 Å². The van der Waals surface area contributed by atoms with Crippen LogP contribution in [-0.2, 0) is 0 Å². The SMILES string of the molecule is [CH2]C(C)C(C)C[S]. The molecule has 0 saturated heterocycles. The normalized spacial score (nSPS) is 15.0. The third kappa shape index (κ3) is 2.98. The lowest BCUT2D eigenvalue weighted by Gasteiger charge is -2.09. The van der Waals surface area contributed by atoms with Crippen molar-refractivity contribution in [3.63, 3.8) is 0 Å². The van der Waals surface area contributed by atoms with Crippen LogP contribution in [0.4, 0.5) is 0 Å². The van der Waals surface area contributed by atoms with E-state index in [0.29, 0.717) is 11.8 Å². The van der Waals surface area contributed by atoms with Crippen molar-refractivity contribution >= 4 is 12.6 Å². The fraction of sp³-hybridized carbons (Fsp3) is 0.833. The zero-order valence-electron chi connectivity index (χ0n) is 4.98. The first kappa shape index (κ1) is 7.35. The molecule has 0 bridgehead atoms. The molecule has 42 valence electrons. The summed E-state index contributed by atoms with van der Waals surface area (Å²) in [6, 6.07) is 0. The van der Waals surface area contributed by atoms with E-state index in [-0.39, 0.29) is 0 Å². The summed E-state index contributed by atoms with van der Waals surface area (Å²) in [5, 5.41) is 0. The molecule has 0 aliphatic rings. The molecule has 0 fully saturated rings. The van der Waals surface area contributed by atoms with Gasteiger partial charge in [0.1, 0.15) is 0 Å². The van der Waals surface area contributed by atoms with Crippen molar-refractivity contribution in [3.05, 3.63) is 6.92 Å². The van der Waals surface area contributed by atoms with Gasteiger partial charge in [-0.15, -0.1) is 0 Å². The van der Waals surface area contributed by atoms with Crippen molar-refractivity contribution in [1.29, 1.82) is 0 Å². The largest absolute Gasteiger partial charge is 0.0939 e. The molecule has 7 heavy (non-hydrogen) atoms. The Balaban J connectivity index is 3.14. The molecule has 2 radical (unpaired) electrons. The van der Waals surface area contributed by atoms with E-state index in [0.717, 1.165) is 5.75 Å². The van der Waals surface area contributed by atoms with Gasteiger partial charge in [0, 0.05) is 5.75 Å². The highest BCUT2D eigenvalue weighted by atomic mass is 32.1. The van der Waals surface area contributed by atoms with Crippen LogP contribution < -0.4 is 0 Å². The van der Waals surface area contributed by atoms with E-state index in [2.05, 4.69) is 20.8 Å². The van der Waals surface area contributed by atoms with Gasteiger partial charge >= 0.3 is 0 Å². The lowest BCUT2D eigenvalue weighted by atomic mass is 10.0. The van der Waals surface area contributed by atoms with Gasteiger partial charge in [0.2, 0.25) is 0 Å². The maximum absolute atomic E-state index is 4.81. The summed E-state index contributed by atoms with van der Waals surface area (Å²) in [5.74, 6) is 1.96. The fourth-order valence-corrected chi connectivity index (χ4v) is 0.493. The van der Waals surface area contributed by atoms with Crippen molar-refractivity contribution in [3.8, 4) is 0 Å². The highest BCUT2D eigenvalue weighted by Crippen LogP contribution is 2.09. The van der Waals surface area contributed by atoms with Gasteiger partial charge in [-0.1, -0.05) is 33.4 Å². The third-order valence-corrected chi connectivity index (χ3v) is 1.76. The van der Waals surface area contributed by atoms with Crippen molar-refractivity contribution in [2.75, 3.05) is 5.75 Å². The van der Waals surface area contributed by atoms with E-state index >= 15 is 0 Å². The van der Waals surface area contributed by atoms with E-state index in [1.165, 1.54) is 0 Å². The maximum atomic E-state index is 4.81. The zero-order chi connectivity index (χ0) is 5.86. The fourth-order valence-electron chi connectivity index (χ4n) is 0.164. The van der Waals surface area contributed by atoms with Crippen molar-refractivity contribution in [1.82, 2.24) is 0 Å². The summed E-state index contributed by atoms with van der Waals surface area (Å²) < 4.78 is 0. The molecule has 1 heteroatoms. The quantitative estimate of drug-likeness (QED) is 0.519. The van der Waals surface area contributed by atoms with Gasteiger partial charge in [-0.25, -0.2) is 0 Å². The van der Waals surface area contributed by atoms with Crippen LogP contribution in [0, 0.1) is 18.8 Å². The topological polar surface area (TPSA) is 0 Å². The van der Waals surface area contributed by atoms with E-state index in [1.807, 2.05) is 0 Å². The van der Waals surface area contributed by atoms with Crippen LogP contribution in [0.15, 0.2) is 0 Å². The van der Waals surface area contributed by atoms with E-state index in [1.54, 1.807) is 0 Å². The van der Waals surface area contributed by atoms with Gasteiger partial charge in [0.15, 0.2) is 0 Å².